The fraction of sp³-hybridized carbons (Fsp3) is 0.812. The van der Waals surface area contributed by atoms with Gasteiger partial charge in [0, 0.05) is 25.7 Å². The van der Waals surface area contributed by atoms with Crippen LogP contribution in [0.1, 0.15) is 52.4 Å². The second-order valence-corrected chi connectivity index (χ2v) is 6.54. The monoisotopic (exact) mass is 289 g/mol. The van der Waals surface area contributed by atoms with Crippen molar-refractivity contribution >= 4 is 11.8 Å². The molecule has 21 heavy (non-hydrogen) atoms. The number of aromatic nitrogens is 3. The average Bonchev–Trinajstić information content (AvgIpc) is 2.55. The van der Waals surface area contributed by atoms with Gasteiger partial charge in [-0.05, 0) is 44.4 Å². The van der Waals surface area contributed by atoms with Crippen LogP contribution in [0.25, 0.3) is 0 Å². The molecule has 1 aromatic heterocycles. The van der Waals surface area contributed by atoms with Gasteiger partial charge < -0.3 is 9.80 Å². The molecular formula is C16H27N5. The van der Waals surface area contributed by atoms with E-state index in [2.05, 4.69) is 33.8 Å². The quantitative estimate of drug-likeness (QED) is 0.856. The molecule has 116 valence electrons. The van der Waals surface area contributed by atoms with Crippen LogP contribution in [0.3, 0.4) is 0 Å². The zero-order valence-corrected chi connectivity index (χ0v) is 13.3. The minimum absolute atomic E-state index is 0.615. The van der Waals surface area contributed by atoms with Crippen molar-refractivity contribution in [3.8, 4) is 0 Å². The highest BCUT2D eigenvalue weighted by Gasteiger charge is 2.24. The van der Waals surface area contributed by atoms with Crippen LogP contribution in [-0.2, 0) is 0 Å². The third-order valence-electron chi connectivity index (χ3n) is 4.99. The van der Waals surface area contributed by atoms with E-state index in [1.165, 1.54) is 38.5 Å². The van der Waals surface area contributed by atoms with E-state index >= 15 is 0 Å². The molecule has 0 aliphatic carbocycles. The van der Waals surface area contributed by atoms with Crippen molar-refractivity contribution in [1.82, 2.24) is 15.2 Å². The molecule has 0 bridgehead atoms. The Bertz CT molecular complexity index is 456. The molecule has 2 fully saturated rings. The van der Waals surface area contributed by atoms with Gasteiger partial charge in [0.25, 0.3) is 0 Å². The minimum atomic E-state index is 0.615. The summed E-state index contributed by atoms with van der Waals surface area (Å²) in [5.74, 6) is 2.66. The van der Waals surface area contributed by atoms with Crippen molar-refractivity contribution in [2.75, 3.05) is 29.4 Å². The molecule has 0 radical (unpaired) electrons. The molecule has 5 heteroatoms. The van der Waals surface area contributed by atoms with Gasteiger partial charge in [-0.1, -0.05) is 13.8 Å². The number of nitrogens with zero attached hydrogens (tertiary/aromatic N) is 5. The van der Waals surface area contributed by atoms with Crippen molar-refractivity contribution in [2.24, 2.45) is 5.92 Å². The zero-order valence-electron chi connectivity index (χ0n) is 13.3. The van der Waals surface area contributed by atoms with E-state index in [4.69, 9.17) is 4.98 Å². The summed E-state index contributed by atoms with van der Waals surface area (Å²) in [6.07, 6.45) is 9.35. The van der Waals surface area contributed by atoms with Crippen LogP contribution in [0.5, 0.6) is 0 Å². The standard InChI is InChI=1S/C16H27N5/c1-3-14-6-4-5-9-21(14)15-12-17-19-16(18-15)20-10-7-13(2)8-11-20/h12-14H,3-11H2,1-2H3. The molecule has 1 unspecified atom stereocenters. The van der Waals surface area contributed by atoms with E-state index in [0.717, 1.165) is 37.3 Å². The summed E-state index contributed by atoms with van der Waals surface area (Å²) in [7, 11) is 0. The highest BCUT2D eigenvalue weighted by molar-refractivity contribution is 5.43. The molecule has 3 heterocycles. The van der Waals surface area contributed by atoms with Crippen molar-refractivity contribution in [3.05, 3.63) is 6.20 Å². The van der Waals surface area contributed by atoms with E-state index in [1.54, 1.807) is 0 Å². The van der Waals surface area contributed by atoms with Gasteiger partial charge in [-0.2, -0.15) is 10.1 Å². The molecular weight excluding hydrogens is 262 g/mol. The first-order chi connectivity index (χ1) is 10.3. The normalized spacial score (nSPS) is 24.4. The van der Waals surface area contributed by atoms with E-state index < -0.39 is 0 Å². The second-order valence-electron chi connectivity index (χ2n) is 6.54. The van der Waals surface area contributed by atoms with Crippen molar-refractivity contribution in [3.63, 3.8) is 0 Å². The maximum atomic E-state index is 4.82. The summed E-state index contributed by atoms with van der Waals surface area (Å²) in [6, 6.07) is 0.615. The molecule has 0 N–H and O–H groups in total. The predicted octanol–water partition coefficient (Wildman–Crippen LogP) is 2.88. The van der Waals surface area contributed by atoms with Crippen LogP contribution in [-0.4, -0.2) is 40.9 Å². The van der Waals surface area contributed by atoms with Crippen molar-refractivity contribution in [1.29, 1.82) is 0 Å². The van der Waals surface area contributed by atoms with E-state index in [0.29, 0.717) is 6.04 Å². The fourth-order valence-electron chi connectivity index (χ4n) is 3.49. The highest BCUT2D eigenvalue weighted by atomic mass is 15.4. The molecule has 3 rings (SSSR count). The average molecular weight is 289 g/mol. The first-order valence-corrected chi connectivity index (χ1v) is 8.49. The van der Waals surface area contributed by atoms with Gasteiger partial charge in [0.05, 0.1) is 6.20 Å². The van der Waals surface area contributed by atoms with Gasteiger partial charge in [0.1, 0.15) is 0 Å². The molecule has 0 aromatic carbocycles. The molecule has 1 aromatic rings. The number of anilines is 2. The molecule has 1 atom stereocenters. The number of rotatable bonds is 3. The first-order valence-electron chi connectivity index (χ1n) is 8.49. The number of piperidine rings is 2. The maximum Gasteiger partial charge on any atom is 0.247 e. The third-order valence-corrected chi connectivity index (χ3v) is 4.99. The zero-order chi connectivity index (χ0) is 14.7. The molecule has 0 amide bonds. The summed E-state index contributed by atoms with van der Waals surface area (Å²) in [6.45, 7) is 7.82. The van der Waals surface area contributed by atoms with Crippen LogP contribution < -0.4 is 9.80 Å². The first kappa shape index (κ1) is 14.5. The van der Waals surface area contributed by atoms with Crippen LogP contribution >= 0.6 is 0 Å². The summed E-state index contributed by atoms with van der Waals surface area (Å²) >= 11 is 0. The Morgan fingerprint density at radius 2 is 1.95 bits per heavy atom. The Hall–Kier alpha value is -1.39. The lowest BCUT2D eigenvalue weighted by atomic mass is 9.99. The van der Waals surface area contributed by atoms with Gasteiger partial charge >= 0.3 is 0 Å². The summed E-state index contributed by atoms with van der Waals surface area (Å²) in [5, 5.41) is 8.50. The van der Waals surface area contributed by atoms with Crippen molar-refractivity contribution < 1.29 is 0 Å². The van der Waals surface area contributed by atoms with Gasteiger partial charge in [-0.3, -0.25) is 0 Å². The van der Waals surface area contributed by atoms with Crippen LogP contribution in [0.2, 0.25) is 0 Å². The summed E-state index contributed by atoms with van der Waals surface area (Å²) in [5.41, 5.74) is 0. The van der Waals surface area contributed by atoms with Gasteiger partial charge in [-0.15, -0.1) is 5.10 Å². The Balaban J connectivity index is 1.76. The smallest absolute Gasteiger partial charge is 0.247 e. The second kappa shape index (κ2) is 6.58. The Morgan fingerprint density at radius 3 is 2.71 bits per heavy atom. The van der Waals surface area contributed by atoms with Gasteiger partial charge in [0.15, 0.2) is 5.82 Å². The van der Waals surface area contributed by atoms with Gasteiger partial charge in [-0.25, -0.2) is 0 Å². The molecule has 5 nitrogen and oxygen atoms in total. The molecule has 0 spiro atoms. The molecule has 2 saturated heterocycles. The Morgan fingerprint density at radius 1 is 1.14 bits per heavy atom. The summed E-state index contributed by atoms with van der Waals surface area (Å²) < 4.78 is 0. The van der Waals surface area contributed by atoms with Crippen LogP contribution in [0.15, 0.2) is 6.20 Å². The third kappa shape index (κ3) is 3.27. The molecule has 0 saturated carbocycles. The number of hydrogen-bond donors (Lipinski definition) is 0. The van der Waals surface area contributed by atoms with Crippen molar-refractivity contribution in [2.45, 2.75) is 58.4 Å². The van der Waals surface area contributed by atoms with Crippen LogP contribution in [0.4, 0.5) is 11.8 Å². The topological polar surface area (TPSA) is 45.2 Å². The fourth-order valence-corrected chi connectivity index (χ4v) is 3.49. The number of hydrogen-bond acceptors (Lipinski definition) is 5. The summed E-state index contributed by atoms with van der Waals surface area (Å²) in [4.78, 5) is 9.55. The Labute approximate surface area is 127 Å². The lowest BCUT2D eigenvalue weighted by Gasteiger charge is -2.36. The predicted molar refractivity (Wildman–Crippen MR) is 85.7 cm³/mol. The van der Waals surface area contributed by atoms with Crippen LogP contribution in [0, 0.1) is 5.92 Å². The minimum Gasteiger partial charge on any atom is -0.352 e. The highest BCUT2D eigenvalue weighted by Crippen LogP contribution is 2.26. The lowest BCUT2D eigenvalue weighted by Crippen LogP contribution is -2.40. The van der Waals surface area contributed by atoms with E-state index in [1.807, 2.05) is 6.20 Å². The maximum absolute atomic E-state index is 4.82. The molecule has 2 aliphatic heterocycles. The lowest BCUT2D eigenvalue weighted by molar-refractivity contribution is 0.431. The largest absolute Gasteiger partial charge is 0.352 e. The van der Waals surface area contributed by atoms with E-state index in [-0.39, 0.29) is 0 Å². The molecule has 2 aliphatic rings. The van der Waals surface area contributed by atoms with Gasteiger partial charge in [0.2, 0.25) is 5.95 Å². The van der Waals surface area contributed by atoms with E-state index in [9.17, 15) is 0 Å². The Kier molecular flexibility index (Phi) is 4.56. The SMILES string of the molecule is CCC1CCCCN1c1cnnc(N2CCC(C)CC2)n1.